The fraction of sp³-hybridized carbons (Fsp3) is 0.625. The number of ether oxygens (including phenoxy) is 2. The number of hydrogen-bond donors (Lipinski definition) is 0. The van der Waals surface area contributed by atoms with Crippen molar-refractivity contribution in [2.45, 2.75) is 26.1 Å². The number of esters is 1. The Morgan fingerprint density at radius 1 is 1.43 bits per heavy atom. The third-order valence-corrected chi connectivity index (χ3v) is 1.18. The second kappa shape index (κ2) is 4.99. The lowest BCUT2D eigenvalue weighted by molar-refractivity contribution is -0.164. The van der Waals surface area contributed by atoms with Gasteiger partial charge in [-0.15, -0.1) is 0 Å². The van der Waals surface area contributed by atoms with Gasteiger partial charge in [-0.3, -0.25) is 0 Å². The quantitative estimate of drug-likeness (QED) is 0.406. The summed E-state index contributed by atoms with van der Waals surface area (Å²) in [6, 6.07) is 0. The zero-order valence-corrected chi connectivity index (χ0v) is 7.85. The van der Waals surface area contributed by atoms with Crippen molar-refractivity contribution in [3.63, 3.8) is 0 Å². The molecule has 0 radical (unpaired) electrons. The summed E-state index contributed by atoms with van der Waals surface area (Å²) < 4.78 is 44.4. The van der Waals surface area contributed by atoms with Crippen molar-refractivity contribution in [1.82, 2.24) is 0 Å². The van der Waals surface area contributed by atoms with Crippen LogP contribution < -0.4 is 0 Å². The van der Waals surface area contributed by atoms with Crippen LogP contribution in [0.2, 0.25) is 0 Å². The van der Waals surface area contributed by atoms with E-state index >= 15 is 0 Å². The van der Waals surface area contributed by atoms with Gasteiger partial charge in [-0.2, -0.15) is 13.2 Å². The normalized spacial score (nSPS) is 11.6. The fourth-order valence-corrected chi connectivity index (χ4v) is 0.426. The lowest BCUT2D eigenvalue weighted by atomic mass is 10.3. The molecule has 0 aromatic rings. The van der Waals surface area contributed by atoms with Crippen molar-refractivity contribution in [1.29, 1.82) is 0 Å². The van der Waals surface area contributed by atoms with Gasteiger partial charge in [0.2, 0.25) is 0 Å². The van der Waals surface area contributed by atoms with E-state index in [9.17, 15) is 18.0 Å². The standard InChI is InChI=1S/C8H11F3O3/c1-5(2)13-4-14-7(12)6(3)8(9,10)11/h5H,3-4H2,1-2H3. The van der Waals surface area contributed by atoms with Crippen LogP contribution in [0.15, 0.2) is 12.2 Å². The summed E-state index contributed by atoms with van der Waals surface area (Å²) in [6.07, 6.45) is -4.98. The zero-order chi connectivity index (χ0) is 11.4. The molecule has 82 valence electrons. The summed E-state index contributed by atoms with van der Waals surface area (Å²) in [5, 5.41) is 0. The molecule has 0 aromatic heterocycles. The maximum Gasteiger partial charge on any atom is 0.422 e. The van der Waals surface area contributed by atoms with Crippen LogP contribution in [0.3, 0.4) is 0 Å². The monoisotopic (exact) mass is 212 g/mol. The summed E-state index contributed by atoms with van der Waals surface area (Å²) in [6.45, 7) is 5.38. The van der Waals surface area contributed by atoms with Crippen LogP contribution in [-0.2, 0) is 14.3 Å². The highest BCUT2D eigenvalue weighted by molar-refractivity contribution is 5.89. The summed E-state index contributed by atoms with van der Waals surface area (Å²) in [5.41, 5.74) is -1.54. The molecule has 0 aliphatic heterocycles. The second-order valence-electron chi connectivity index (χ2n) is 2.74. The van der Waals surface area contributed by atoms with Crippen molar-refractivity contribution in [2.75, 3.05) is 6.79 Å². The van der Waals surface area contributed by atoms with Gasteiger partial charge in [0.05, 0.1) is 6.10 Å². The minimum atomic E-state index is -4.76. The van der Waals surface area contributed by atoms with Crippen LogP contribution in [0, 0.1) is 0 Å². The van der Waals surface area contributed by atoms with Crippen molar-refractivity contribution >= 4 is 5.97 Å². The maximum absolute atomic E-state index is 11.8. The Kier molecular flexibility index (Phi) is 4.62. The van der Waals surface area contributed by atoms with Gasteiger partial charge in [0.1, 0.15) is 5.57 Å². The molecule has 0 aromatic carbocycles. The number of halogens is 3. The lowest BCUT2D eigenvalue weighted by Crippen LogP contribution is -2.22. The molecule has 0 saturated carbocycles. The Morgan fingerprint density at radius 3 is 2.29 bits per heavy atom. The molecule has 0 aliphatic carbocycles. The molecule has 0 aliphatic rings. The Morgan fingerprint density at radius 2 is 1.93 bits per heavy atom. The van der Waals surface area contributed by atoms with Gasteiger partial charge >= 0.3 is 12.1 Å². The molecular formula is C8H11F3O3. The van der Waals surface area contributed by atoms with Gasteiger partial charge in [0.25, 0.3) is 0 Å². The molecule has 0 N–H and O–H groups in total. The molecule has 6 heteroatoms. The summed E-state index contributed by atoms with van der Waals surface area (Å²) >= 11 is 0. The predicted molar refractivity (Wildman–Crippen MR) is 42.4 cm³/mol. The number of hydrogen-bond acceptors (Lipinski definition) is 3. The van der Waals surface area contributed by atoms with Crippen LogP contribution >= 0.6 is 0 Å². The average Bonchev–Trinajstić information content (AvgIpc) is 2.00. The minimum absolute atomic E-state index is 0.220. The SMILES string of the molecule is C=C(C(=O)OCOC(C)C)C(F)(F)F. The van der Waals surface area contributed by atoms with E-state index in [0.717, 1.165) is 0 Å². The molecule has 0 amide bonds. The van der Waals surface area contributed by atoms with Gasteiger partial charge in [-0.05, 0) is 13.8 Å². The highest BCUT2D eigenvalue weighted by Crippen LogP contribution is 2.24. The van der Waals surface area contributed by atoms with Gasteiger partial charge < -0.3 is 9.47 Å². The van der Waals surface area contributed by atoms with Crippen LogP contribution in [0.1, 0.15) is 13.8 Å². The van der Waals surface area contributed by atoms with Crippen LogP contribution in [0.4, 0.5) is 13.2 Å². The molecule has 3 nitrogen and oxygen atoms in total. The third kappa shape index (κ3) is 4.86. The topological polar surface area (TPSA) is 35.5 Å². The van der Waals surface area contributed by atoms with Crippen molar-refractivity contribution in [2.24, 2.45) is 0 Å². The van der Waals surface area contributed by atoms with Crippen LogP contribution in [0.25, 0.3) is 0 Å². The molecule has 14 heavy (non-hydrogen) atoms. The van der Waals surface area contributed by atoms with E-state index < -0.39 is 24.5 Å². The van der Waals surface area contributed by atoms with E-state index in [1.165, 1.54) is 0 Å². The van der Waals surface area contributed by atoms with Crippen molar-refractivity contribution < 1.29 is 27.4 Å². The number of alkyl halides is 3. The summed E-state index contributed by atoms with van der Waals surface area (Å²) in [4.78, 5) is 10.6. The van der Waals surface area contributed by atoms with Crippen molar-refractivity contribution in [3.05, 3.63) is 12.2 Å². The molecule has 0 unspecified atom stereocenters. The first kappa shape index (κ1) is 13.0. The number of carbonyl (C=O) groups excluding carboxylic acids is 1. The van der Waals surface area contributed by atoms with Crippen molar-refractivity contribution in [3.8, 4) is 0 Å². The minimum Gasteiger partial charge on any atom is -0.435 e. The third-order valence-electron chi connectivity index (χ3n) is 1.18. The largest absolute Gasteiger partial charge is 0.435 e. The van der Waals surface area contributed by atoms with Crippen LogP contribution in [-0.4, -0.2) is 25.0 Å². The van der Waals surface area contributed by atoms with Gasteiger partial charge in [-0.25, -0.2) is 4.79 Å². The molecule has 0 rings (SSSR count). The van der Waals surface area contributed by atoms with Gasteiger partial charge in [-0.1, -0.05) is 6.58 Å². The lowest BCUT2D eigenvalue weighted by Gasteiger charge is -2.11. The molecule has 0 heterocycles. The van der Waals surface area contributed by atoms with E-state index in [2.05, 4.69) is 11.3 Å². The molecular weight excluding hydrogens is 201 g/mol. The number of carbonyl (C=O) groups is 1. The molecule has 0 spiro atoms. The first-order valence-corrected chi connectivity index (χ1v) is 3.80. The number of rotatable bonds is 4. The molecule has 0 fully saturated rings. The second-order valence-corrected chi connectivity index (χ2v) is 2.74. The first-order chi connectivity index (χ1) is 6.25. The van der Waals surface area contributed by atoms with E-state index in [0.29, 0.717) is 0 Å². The molecule has 0 saturated heterocycles. The smallest absolute Gasteiger partial charge is 0.422 e. The van der Waals surface area contributed by atoms with Crippen LogP contribution in [0.5, 0.6) is 0 Å². The van der Waals surface area contributed by atoms with E-state index in [4.69, 9.17) is 4.74 Å². The Bertz CT molecular complexity index is 220. The van der Waals surface area contributed by atoms with Gasteiger partial charge in [0.15, 0.2) is 6.79 Å². The van der Waals surface area contributed by atoms with Gasteiger partial charge in [0, 0.05) is 0 Å². The Hall–Kier alpha value is -1.04. The molecule has 0 bridgehead atoms. The first-order valence-electron chi connectivity index (χ1n) is 3.80. The summed E-state index contributed by atoms with van der Waals surface area (Å²) in [5.74, 6) is -1.52. The fourth-order valence-electron chi connectivity index (χ4n) is 0.426. The van der Waals surface area contributed by atoms with E-state index in [-0.39, 0.29) is 6.10 Å². The van der Waals surface area contributed by atoms with E-state index in [1.54, 1.807) is 13.8 Å². The highest BCUT2D eigenvalue weighted by atomic mass is 19.4. The van der Waals surface area contributed by atoms with E-state index in [1.807, 2.05) is 0 Å². The highest BCUT2D eigenvalue weighted by Gasteiger charge is 2.37. The summed E-state index contributed by atoms with van der Waals surface area (Å²) in [7, 11) is 0. The average molecular weight is 212 g/mol. The predicted octanol–water partition coefficient (Wildman–Crippen LogP) is 2.03. The maximum atomic E-state index is 11.8. The Labute approximate surface area is 79.5 Å². The Balaban J connectivity index is 3.93. The zero-order valence-electron chi connectivity index (χ0n) is 7.85. The molecule has 0 atom stereocenters.